The first-order chi connectivity index (χ1) is 12.9. The van der Waals surface area contributed by atoms with Crippen LogP contribution >= 0.6 is 11.8 Å². The highest BCUT2D eigenvalue weighted by molar-refractivity contribution is 7.98. The van der Waals surface area contributed by atoms with Crippen molar-refractivity contribution in [3.05, 3.63) is 35.7 Å². The maximum absolute atomic E-state index is 6.23. The lowest BCUT2D eigenvalue weighted by molar-refractivity contribution is 0.540. The summed E-state index contributed by atoms with van der Waals surface area (Å²) >= 11 is 1.48. The van der Waals surface area contributed by atoms with E-state index >= 15 is 0 Å². The van der Waals surface area contributed by atoms with Crippen molar-refractivity contribution >= 4 is 11.8 Å². The lowest BCUT2D eigenvalue weighted by Gasteiger charge is -2.19. The van der Waals surface area contributed by atoms with Crippen LogP contribution in [0.25, 0.3) is 11.4 Å². The Morgan fingerprint density at radius 3 is 2.48 bits per heavy atom. The zero-order chi connectivity index (χ0) is 19.4. The second-order valence-electron chi connectivity index (χ2n) is 7.46. The Morgan fingerprint density at radius 2 is 1.81 bits per heavy atom. The maximum atomic E-state index is 6.23. The fourth-order valence-electron chi connectivity index (χ4n) is 2.63. The lowest BCUT2D eigenvalue weighted by Crippen LogP contribution is -2.13. The van der Waals surface area contributed by atoms with Crippen molar-refractivity contribution in [2.75, 3.05) is 5.84 Å². The molecular formula is C18H26N8S. The van der Waals surface area contributed by atoms with Crippen LogP contribution in [0.3, 0.4) is 0 Å². The van der Waals surface area contributed by atoms with E-state index in [9.17, 15) is 0 Å². The molecule has 1 aromatic carbocycles. The maximum Gasteiger partial charge on any atom is 0.210 e. The molecule has 3 aromatic rings. The molecule has 0 radical (unpaired) electrons. The number of unbranched alkanes of at least 4 members (excludes halogenated alkanes) is 1. The number of hydrogen-bond acceptors (Lipinski definition) is 7. The van der Waals surface area contributed by atoms with Gasteiger partial charge in [-0.1, -0.05) is 70.1 Å². The molecule has 0 saturated carbocycles. The smallest absolute Gasteiger partial charge is 0.210 e. The highest BCUT2D eigenvalue weighted by Crippen LogP contribution is 2.27. The number of tetrazole rings is 1. The van der Waals surface area contributed by atoms with Gasteiger partial charge in [-0.15, -0.1) is 15.3 Å². The second-order valence-corrected chi connectivity index (χ2v) is 8.41. The van der Waals surface area contributed by atoms with Gasteiger partial charge in [0.1, 0.15) is 0 Å². The molecule has 0 aliphatic rings. The Labute approximate surface area is 163 Å². The van der Waals surface area contributed by atoms with Gasteiger partial charge in [-0.2, -0.15) is 0 Å². The molecule has 0 fully saturated rings. The van der Waals surface area contributed by atoms with Crippen LogP contribution in [0.1, 0.15) is 51.9 Å². The van der Waals surface area contributed by atoms with Crippen LogP contribution in [-0.4, -0.2) is 35.1 Å². The molecule has 0 aliphatic heterocycles. The number of rotatable bonds is 7. The van der Waals surface area contributed by atoms with Gasteiger partial charge in [0.15, 0.2) is 11.6 Å². The molecule has 9 heteroatoms. The zero-order valence-electron chi connectivity index (χ0n) is 16.3. The predicted octanol–water partition coefficient (Wildman–Crippen LogP) is 3.04. The minimum absolute atomic E-state index is 0.109. The molecule has 0 aliphatic carbocycles. The van der Waals surface area contributed by atoms with E-state index in [0.29, 0.717) is 16.7 Å². The van der Waals surface area contributed by atoms with Gasteiger partial charge in [0.05, 0.1) is 5.75 Å². The van der Waals surface area contributed by atoms with Gasteiger partial charge in [0, 0.05) is 12.1 Å². The summed E-state index contributed by atoms with van der Waals surface area (Å²) in [6.45, 7) is 9.54. The van der Waals surface area contributed by atoms with Crippen LogP contribution in [0.2, 0.25) is 0 Å². The summed E-state index contributed by atoms with van der Waals surface area (Å²) in [5, 5.41) is 21.0. The summed E-state index contributed by atoms with van der Waals surface area (Å²) in [5.74, 6) is 8.28. The van der Waals surface area contributed by atoms with E-state index in [-0.39, 0.29) is 5.41 Å². The van der Waals surface area contributed by atoms with E-state index in [1.165, 1.54) is 22.0 Å². The second kappa shape index (κ2) is 8.08. The number of aromatic nitrogens is 7. The van der Waals surface area contributed by atoms with Crippen molar-refractivity contribution in [3.8, 4) is 11.4 Å². The van der Waals surface area contributed by atoms with Crippen molar-refractivity contribution < 1.29 is 0 Å². The van der Waals surface area contributed by atoms with Crippen LogP contribution < -0.4 is 5.84 Å². The van der Waals surface area contributed by atoms with Crippen LogP contribution in [0.4, 0.5) is 0 Å². The third kappa shape index (κ3) is 4.47. The number of hydrogen-bond donors (Lipinski definition) is 1. The van der Waals surface area contributed by atoms with Gasteiger partial charge in [0.25, 0.3) is 0 Å². The molecule has 2 heterocycles. The summed E-state index contributed by atoms with van der Waals surface area (Å²) in [7, 11) is 0. The monoisotopic (exact) mass is 386 g/mol. The third-order valence-corrected chi connectivity index (χ3v) is 5.27. The molecule has 144 valence electrons. The molecule has 27 heavy (non-hydrogen) atoms. The van der Waals surface area contributed by atoms with Crippen molar-refractivity contribution in [2.24, 2.45) is 0 Å². The Kier molecular flexibility index (Phi) is 5.79. The van der Waals surface area contributed by atoms with Crippen LogP contribution in [0.5, 0.6) is 0 Å². The lowest BCUT2D eigenvalue weighted by atomic mass is 9.87. The molecule has 0 spiro atoms. The summed E-state index contributed by atoms with van der Waals surface area (Å²) in [6.07, 6.45) is 2.14. The van der Waals surface area contributed by atoms with E-state index in [4.69, 9.17) is 5.84 Å². The quantitative estimate of drug-likeness (QED) is 0.492. The van der Waals surface area contributed by atoms with Crippen LogP contribution in [-0.2, 0) is 17.7 Å². The number of nitrogen functional groups attached to an aromatic ring is 1. The van der Waals surface area contributed by atoms with Gasteiger partial charge in [0.2, 0.25) is 5.16 Å². The highest BCUT2D eigenvalue weighted by atomic mass is 32.2. The molecule has 0 atom stereocenters. The first-order valence-corrected chi connectivity index (χ1v) is 10.1. The molecule has 0 saturated heterocycles. The molecule has 8 nitrogen and oxygen atoms in total. The molecule has 0 amide bonds. The van der Waals surface area contributed by atoms with E-state index < -0.39 is 0 Å². The van der Waals surface area contributed by atoms with E-state index in [0.717, 1.165) is 30.8 Å². The molecule has 0 bridgehead atoms. The Bertz CT molecular complexity index is 876. The third-order valence-electron chi connectivity index (χ3n) is 4.33. The molecule has 3 rings (SSSR count). The van der Waals surface area contributed by atoms with E-state index in [2.05, 4.69) is 65.6 Å². The standard InChI is InChI=1S/C18H26N8S/c1-5-6-11-25-15(20-23-24-25)12-27-17-22-21-16(26(17)19)13-7-9-14(10-8-13)18(2,3)4/h7-10H,5-6,11-12,19H2,1-4H3. The summed E-state index contributed by atoms with van der Waals surface area (Å²) < 4.78 is 3.36. The fraction of sp³-hybridized carbons (Fsp3) is 0.500. The minimum atomic E-state index is 0.109. The normalized spacial score (nSPS) is 11.9. The van der Waals surface area contributed by atoms with Gasteiger partial charge >= 0.3 is 0 Å². The van der Waals surface area contributed by atoms with Crippen LogP contribution in [0.15, 0.2) is 29.4 Å². The Hall–Kier alpha value is -2.42. The average Bonchev–Trinajstić information content (AvgIpc) is 3.24. The van der Waals surface area contributed by atoms with Crippen LogP contribution in [0, 0.1) is 0 Å². The zero-order valence-corrected chi connectivity index (χ0v) is 17.1. The Balaban J connectivity index is 1.71. The number of thioether (sulfide) groups is 1. The van der Waals surface area contributed by atoms with Crippen molar-refractivity contribution in [1.82, 2.24) is 35.1 Å². The summed E-state index contributed by atoms with van der Waals surface area (Å²) in [4.78, 5) is 0. The number of nitrogens with two attached hydrogens (primary N) is 1. The predicted molar refractivity (Wildman–Crippen MR) is 107 cm³/mol. The first kappa shape index (κ1) is 19.3. The van der Waals surface area contributed by atoms with Crippen molar-refractivity contribution in [2.45, 2.75) is 63.4 Å². The first-order valence-electron chi connectivity index (χ1n) is 9.09. The largest absolute Gasteiger partial charge is 0.335 e. The molecule has 2 aromatic heterocycles. The summed E-state index contributed by atoms with van der Waals surface area (Å²) in [6, 6.07) is 8.29. The molecule has 2 N–H and O–H groups in total. The molecular weight excluding hydrogens is 360 g/mol. The highest BCUT2D eigenvalue weighted by Gasteiger charge is 2.17. The van der Waals surface area contributed by atoms with Gasteiger partial charge in [-0.25, -0.2) is 9.36 Å². The topological polar surface area (TPSA) is 100 Å². The molecule has 0 unspecified atom stereocenters. The fourth-order valence-corrected chi connectivity index (χ4v) is 3.42. The van der Waals surface area contributed by atoms with Gasteiger partial charge < -0.3 is 5.84 Å². The van der Waals surface area contributed by atoms with Gasteiger partial charge in [-0.05, 0) is 27.8 Å². The number of aryl methyl sites for hydroxylation is 1. The minimum Gasteiger partial charge on any atom is -0.335 e. The van der Waals surface area contributed by atoms with Gasteiger partial charge in [-0.3, -0.25) is 0 Å². The summed E-state index contributed by atoms with van der Waals surface area (Å²) in [5.41, 5.74) is 2.32. The van der Waals surface area contributed by atoms with Crippen molar-refractivity contribution in [1.29, 1.82) is 0 Å². The average molecular weight is 387 g/mol. The van der Waals surface area contributed by atoms with Crippen molar-refractivity contribution in [3.63, 3.8) is 0 Å². The number of nitrogens with zero attached hydrogens (tertiary/aromatic N) is 7. The van der Waals surface area contributed by atoms with E-state index in [1.54, 1.807) is 0 Å². The Morgan fingerprint density at radius 1 is 1.07 bits per heavy atom. The van der Waals surface area contributed by atoms with E-state index in [1.807, 2.05) is 16.8 Å². The SMILES string of the molecule is CCCCn1nnnc1CSc1nnc(-c2ccc(C(C)(C)C)cc2)n1N. The number of benzene rings is 1.